The summed E-state index contributed by atoms with van der Waals surface area (Å²) in [6.07, 6.45) is 30.5. The van der Waals surface area contributed by atoms with Crippen molar-refractivity contribution in [2.24, 2.45) is 0 Å². The molecule has 2 atom stereocenters. The smallest absolute Gasteiger partial charge is 0.326 e. The minimum Gasteiger partial charge on any atom is -0.481 e. The summed E-state index contributed by atoms with van der Waals surface area (Å²) < 4.78 is 26.2. The number of carbonyl (C=O) groups excluding carboxylic acids is 4. The van der Waals surface area contributed by atoms with Crippen LogP contribution in [-0.2, 0) is 33.4 Å². The number of nitrogens with one attached hydrogen (secondary N) is 2. The summed E-state index contributed by atoms with van der Waals surface area (Å²) in [7, 11) is 0. The van der Waals surface area contributed by atoms with E-state index >= 15 is 0 Å². The second kappa shape index (κ2) is 39.7. The van der Waals surface area contributed by atoms with Crippen molar-refractivity contribution in [1.29, 1.82) is 0 Å². The third-order valence-corrected chi connectivity index (χ3v) is 12.3. The van der Waals surface area contributed by atoms with Gasteiger partial charge in [0.1, 0.15) is 24.6 Å². The van der Waals surface area contributed by atoms with Crippen LogP contribution < -0.4 is 10.6 Å². The Hall–Kier alpha value is -3.68. The van der Waals surface area contributed by atoms with E-state index in [9.17, 15) is 38.3 Å². The molecule has 0 fully saturated rings. The van der Waals surface area contributed by atoms with Crippen LogP contribution in [-0.4, -0.2) is 76.2 Å². The molecule has 14 heteroatoms. The molecule has 2 amide bonds. The Morgan fingerprint density at radius 1 is 0.625 bits per heavy atom. The van der Waals surface area contributed by atoms with Crippen molar-refractivity contribution in [2.45, 2.75) is 225 Å². The Bertz CT molecular complexity index is 1450. The zero-order valence-corrected chi connectivity index (χ0v) is 40.2. The summed E-state index contributed by atoms with van der Waals surface area (Å²) in [4.78, 5) is 72.9. The Labute approximate surface area is 388 Å². The van der Waals surface area contributed by atoms with Crippen molar-refractivity contribution in [3.63, 3.8) is 0 Å². The molecule has 1 rings (SSSR count). The number of hydrogen-bond donors (Lipinski definition) is 4. The molecule has 64 heavy (non-hydrogen) atoms. The van der Waals surface area contributed by atoms with Gasteiger partial charge in [-0.1, -0.05) is 168 Å². The molecule has 0 bridgehead atoms. The van der Waals surface area contributed by atoms with Crippen molar-refractivity contribution in [1.82, 2.24) is 5.32 Å². The van der Waals surface area contributed by atoms with Crippen LogP contribution in [0.3, 0.4) is 0 Å². The predicted molar refractivity (Wildman–Crippen MR) is 254 cm³/mol. The van der Waals surface area contributed by atoms with Crippen LogP contribution in [0, 0.1) is 5.82 Å². The molecule has 1 aromatic carbocycles. The van der Waals surface area contributed by atoms with E-state index in [1.807, 2.05) is 0 Å². The van der Waals surface area contributed by atoms with Crippen LogP contribution in [0.25, 0.3) is 0 Å². The lowest BCUT2D eigenvalue weighted by molar-refractivity contribution is -0.157. The van der Waals surface area contributed by atoms with Gasteiger partial charge in [0.05, 0.1) is 5.69 Å². The quantitative estimate of drug-likeness (QED) is 0.0361. The van der Waals surface area contributed by atoms with E-state index in [0.29, 0.717) is 17.9 Å². The van der Waals surface area contributed by atoms with Gasteiger partial charge in [-0.2, -0.15) is 11.8 Å². The fraction of sp³-hybridized carbons (Fsp3) is 0.760. The number of rotatable bonds is 43. The molecular formula is C50H83FN2O10S. The molecule has 0 aliphatic heterocycles. The van der Waals surface area contributed by atoms with Gasteiger partial charge in [0.2, 0.25) is 5.91 Å². The first-order valence-electron chi connectivity index (χ1n) is 24.7. The van der Waals surface area contributed by atoms with Crippen LogP contribution in [0.2, 0.25) is 0 Å². The summed E-state index contributed by atoms with van der Waals surface area (Å²) in [5.74, 6) is -5.03. The summed E-state index contributed by atoms with van der Waals surface area (Å²) in [6, 6.07) is 1.78. The normalized spacial score (nSPS) is 12.0. The molecular weight excluding hydrogens is 840 g/mol. The zero-order chi connectivity index (χ0) is 47.0. The molecule has 0 aliphatic rings. The third kappa shape index (κ3) is 32.9. The monoisotopic (exact) mass is 923 g/mol. The average Bonchev–Trinajstić information content (AvgIpc) is 3.26. The van der Waals surface area contributed by atoms with E-state index in [2.05, 4.69) is 24.5 Å². The predicted octanol–water partition coefficient (Wildman–Crippen LogP) is 12.4. The number of ether oxygens (including phenoxy) is 2. The number of carboxylic acids is 2. The minimum absolute atomic E-state index is 0.00528. The number of benzene rings is 1. The van der Waals surface area contributed by atoms with Crippen LogP contribution in [0.4, 0.5) is 10.1 Å². The number of unbranched alkanes of at least 4 members (excludes halogenated alkanes) is 24. The molecule has 0 aliphatic carbocycles. The number of aliphatic carboxylic acids is 2. The highest BCUT2D eigenvalue weighted by Gasteiger charge is 2.23. The molecule has 0 saturated heterocycles. The average molecular weight is 923 g/mol. The number of thioether (sulfide) groups is 1. The summed E-state index contributed by atoms with van der Waals surface area (Å²) in [5, 5.41) is 22.8. The molecule has 0 heterocycles. The molecule has 0 radical (unpaired) electrons. The van der Waals surface area contributed by atoms with Gasteiger partial charge in [-0.25, -0.2) is 9.18 Å². The molecule has 0 spiro atoms. The minimum atomic E-state index is -1.48. The fourth-order valence-electron chi connectivity index (χ4n) is 7.31. The third-order valence-electron chi connectivity index (χ3n) is 11.2. The molecule has 366 valence electrons. The maximum Gasteiger partial charge on any atom is 0.326 e. The maximum absolute atomic E-state index is 14.9. The number of amides is 2. The van der Waals surface area contributed by atoms with Crippen molar-refractivity contribution in [3.05, 3.63) is 29.6 Å². The van der Waals surface area contributed by atoms with E-state index < -0.39 is 48.1 Å². The fourth-order valence-corrected chi connectivity index (χ4v) is 8.23. The van der Waals surface area contributed by atoms with Crippen LogP contribution in [0.5, 0.6) is 0 Å². The molecule has 4 N–H and O–H groups in total. The van der Waals surface area contributed by atoms with E-state index in [0.717, 1.165) is 51.0 Å². The Balaban J connectivity index is 2.53. The highest BCUT2D eigenvalue weighted by atomic mass is 32.2. The SMILES string of the molecule is CCCCCCCCCCCCCCCC(=O)OCC(CSCCC(=O)Nc1ccc(C(=O)N[C@@H](CCC(=O)O)C(=O)O)cc1F)OC(=O)CCCCCCCCCCCCCCC. The summed E-state index contributed by atoms with van der Waals surface area (Å²) >= 11 is 1.34. The number of carboxylic acid groups (broad SMARTS) is 2. The molecule has 0 saturated carbocycles. The highest BCUT2D eigenvalue weighted by molar-refractivity contribution is 7.99. The van der Waals surface area contributed by atoms with Crippen LogP contribution in [0.15, 0.2) is 18.2 Å². The lowest BCUT2D eigenvalue weighted by Crippen LogP contribution is -2.41. The molecule has 1 aromatic rings. The number of carbonyl (C=O) groups is 6. The summed E-state index contributed by atoms with van der Waals surface area (Å²) in [6.45, 7) is 4.41. The number of esters is 2. The lowest BCUT2D eigenvalue weighted by Gasteiger charge is -2.18. The van der Waals surface area contributed by atoms with Crippen LogP contribution >= 0.6 is 11.8 Å². The van der Waals surface area contributed by atoms with Crippen LogP contribution in [0.1, 0.15) is 223 Å². The molecule has 1 unspecified atom stereocenters. The van der Waals surface area contributed by atoms with Gasteiger partial charge in [-0.05, 0) is 37.5 Å². The second-order valence-electron chi connectivity index (χ2n) is 17.1. The van der Waals surface area contributed by atoms with Crippen molar-refractivity contribution >= 4 is 53.1 Å². The molecule has 12 nitrogen and oxygen atoms in total. The summed E-state index contributed by atoms with van der Waals surface area (Å²) in [5.41, 5.74) is -0.380. The lowest BCUT2D eigenvalue weighted by atomic mass is 10.0. The van der Waals surface area contributed by atoms with Gasteiger partial charge < -0.3 is 30.3 Å². The van der Waals surface area contributed by atoms with Crippen molar-refractivity contribution in [3.8, 4) is 0 Å². The maximum atomic E-state index is 14.9. The van der Waals surface area contributed by atoms with Gasteiger partial charge >= 0.3 is 23.9 Å². The number of hydrogen-bond acceptors (Lipinski definition) is 9. The van der Waals surface area contributed by atoms with Gasteiger partial charge in [-0.3, -0.25) is 24.0 Å². The van der Waals surface area contributed by atoms with E-state index in [1.54, 1.807) is 0 Å². The number of anilines is 1. The standard InChI is InChI=1S/C50H83FN2O10S/c1-3-5-7-9-11-13-15-17-19-21-23-25-27-29-47(57)62-38-41(63-48(58)30-28-26-24-22-20-18-16-14-12-10-8-6-4-2)39-64-36-35-45(54)52-43-32-31-40(37-42(43)51)49(59)53-44(50(60)61)33-34-46(55)56/h31-32,37,41,44H,3-30,33-36,38-39H2,1-2H3,(H,52,54)(H,53,59)(H,55,56)(H,60,61)/t41?,44-/m0/s1. The highest BCUT2D eigenvalue weighted by Crippen LogP contribution is 2.19. The number of halogens is 1. The Kier molecular flexibility index (Phi) is 36.2. The van der Waals surface area contributed by atoms with Gasteiger partial charge in [0.25, 0.3) is 5.91 Å². The van der Waals surface area contributed by atoms with Crippen molar-refractivity contribution in [2.75, 3.05) is 23.4 Å². The first kappa shape index (κ1) is 58.3. The Morgan fingerprint density at radius 2 is 1.09 bits per heavy atom. The topological polar surface area (TPSA) is 185 Å². The first-order valence-corrected chi connectivity index (χ1v) is 25.9. The van der Waals surface area contributed by atoms with Gasteiger partial charge in [-0.15, -0.1) is 0 Å². The zero-order valence-electron chi connectivity index (χ0n) is 39.4. The van der Waals surface area contributed by atoms with Gasteiger partial charge in [0, 0.05) is 42.8 Å². The first-order chi connectivity index (χ1) is 31.0. The van der Waals surface area contributed by atoms with E-state index in [1.165, 1.54) is 146 Å². The van der Waals surface area contributed by atoms with Gasteiger partial charge in [0.15, 0.2) is 0 Å². The largest absolute Gasteiger partial charge is 0.481 e. The van der Waals surface area contributed by atoms with E-state index in [4.69, 9.17) is 14.6 Å². The molecule has 0 aromatic heterocycles. The van der Waals surface area contributed by atoms with E-state index in [-0.39, 0.29) is 49.1 Å². The second-order valence-corrected chi connectivity index (χ2v) is 18.3. The van der Waals surface area contributed by atoms with Crippen molar-refractivity contribution < 1.29 is 52.8 Å². The Morgan fingerprint density at radius 3 is 1.55 bits per heavy atom.